The van der Waals surface area contributed by atoms with Gasteiger partial charge in [-0.3, -0.25) is 9.59 Å². The highest BCUT2D eigenvalue weighted by atomic mass is 16.7. The van der Waals surface area contributed by atoms with Crippen molar-refractivity contribution >= 4 is 17.8 Å². The minimum absolute atomic E-state index is 0.105. The van der Waals surface area contributed by atoms with E-state index in [1.54, 1.807) is 0 Å². The van der Waals surface area contributed by atoms with Gasteiger partial charge in [0.2, 0.25) is 0 Å². The number of carbonyl (C=O) groups excluding carboxylic acids is 3. The second-order valence-corrected chi connectivity index (χ2v) is 3.76. The van der Waals surface area contributed by atoms with E-state index in [4.69, 9.17) is 5.53 Å². The summed E-state index contributed by atoms with van der Waals surface area (Å²) in [5, 5.41) is 2.57. The van der Waals surface area contributed by atoms with E-state index in [9.17, 15) is 14.4 Å². The maximum atomic E-state index is 11.3. The molecule has 0 atom stereocenters. The molecule has 1 aliphatic rings. The molecule has 1 N–H and O–H groups in total. The Bertz CT molecular complexity index is 314. The molecule has 1 fully saturated rings. The fourth-order valence-electron chi connectivity index (χ4n) is 1.46. The van der Waals surface area contributed by atoms with Crippen LogP contribution in [0, 0.1) is 0 Å². The molecule has 0 aromatic heterocycles. The van der Waals surface area contributed by atoms with Crippen molar-refractivity contribution < 1.29 is 24.3 Å². The fourth-order valence-corrected chi connectivity index (χ4v) is 1.46. The second-order valence-electron chi connectivity index (χ2n) is 3.76. The Morgan fingerprint density at radius 1 is 1.24 bits per heavy atom. The molecule has 0 spiro atoms. The number of hydrogen-bond acceptors (Lipinski definition) is 4. The average molecular weight is 241 g/mol. The van der Waals surface area contributed by atoms with E-state index in [0.29, 0.717) is 18.0 Å². The lowest BCUT2D eigenvalue weighted by Gasteiger charge is -2.12. The first kappa shape index (κ1) is 13.3. The van der Waals surface area contributed by atoms with Crippen molar-refractivity contribution in [3.63, 3.8) is 0 Å². The van der Waals surface area contributed by atoms with Gasteiger partial charge in [-0.05, 0) is 12.8 Å². The summed E-state index contributed by atoms with van der Waals surface area (Å²) in [4.78, 5) is 38.2. The predicted molar refractivity (Wildman–Crippen MR) is 54.8 cm³/mol. The highest BCUT2D eigenvalue weighted by Gasteiger charge is 2.32. The standard InChI is InChI=1S/C10H15N3O4/c11-12-7-3-1-2-4-10(16)17-13-8(14)5-6-9(13)15/h12H,1-7H2. The fraction of sp³-hybridized carbons (Fsp3) is 0.700. The number of imide groups is 1. The minimum atomic E-state index is -0.578. The summed E-state index contributed by atoms with van der Waals surface area (Å²) in [6, 6.07) is 0. The van der Waals surface area contributed by atoms with E-state index >= 15 is 0 Å². The summed E-state index contributed by atoms with van der Waals surface area (Å²) < 4.78 is 0. The molecule has 0 unspecified atom stereocenters. The van der Waals surface area contributed by atoms with E-state index in [0.717, 1.165) is 12.8 Å². The van der Waals surface area contributed by atoms with Gasteiger partial charge < -0.3 is 15.5 Å². The quantitative estimate of drug-likeness (QED) is 0.360. The van der Waals surface area contributed by atoms with Gasteiger partial charge in [0.1, 0.15) is 6.54 Å². The van der Waals surface area contributed by atoms with Gasteiger partial charge in [0.25, 0.3) is 11.8 Å². The van der Waals surface area contributed by atoms with Gasteiger partial charge in [-0.25, -0.2) is 4.79 Å². The number of carbonyl (C=O) groups is 3. The Balaban J connectivity index is 2.18. The molecule has 1 heterocycles. The van der Waals surface area contributed by atoms with Gasteiger partial charge >= 0.3 is 5.97 Å². The normalized spacial score (nSPS) is 15.2. The van der Waals surface area contributed by atoms with Crippen molar-refractivity contribution in [2.24, 2.45) is 0 Å². The van der Waals surface area contributed by atoms with Crippen LogP contribution in [0.1, 0.15) is 38.5 Å². The number of hydroxylamine groups is 2. The highest BCUT2D eigenvalue weighted by molar-refractivity contribution is 6.01. The summed E-state index contributed by atoms with van der Waals surface area (Å²) in [5.74, 6) is -1.51. The lowest BCUT2D eigenvalue weighted by atomic mass is 10.2. The van der Waals surface area contributed by atoms with E-state index in [1.165, 1.54) is 0 Å². The molecular formula is C10H15N3O4. The van der Waals surface area contributed by atoms with Crippen molar-refractivity contribution in [3.8, 4) is 0 Å². The van der Waals surface area contributed by atoms with Crippen LogP contribution in [0.4, 0.5) is 0 Å². The Kier molecular flexibility index (Phi) is 5.25. The number of unbranched alkanes of at least 4 members (excludes halogenated alkanes) is 2. The molecule has 7 heteroatoms. The highest BCUT2D eigenvalue weighted by Crippen LogP contribution is 2.13. The molecule has 2 amide bonds. The van der Waals surface area contributed by atoms with Crippen molar-refractivity contribution in [1.82, 2.24) is 5.06 Å². The van der Waals surface area contributed by atoms with Crippen molar-refractivity contribution in [1.29, 1.82) is 0 Å². The van der Waals surface area contributed by atoms with E-state index in [-0.39, 0.29) is 19.3 Å². The van der Waals surface area contributed by atoms with Gasteiger partial charge in [-0.15, -0.1) is 5.06 Å². The Hall–Kier alpha value is -1.79. The van der Waals surface area contributed by atoms with Crippen LogP contribution in [-0.4, -0.2) is 29.4 Å². The van der Waals surface area contributed by atoms with Crippen LogP contribution in [0.2, 0.25) is 0 Å². The third kappa shape index (κ3) is 4.29. The van der Waals surface area contributed by atoms with Crippen LogP contribution in [0.25, 0.3) is 5.53 Å². The Morgan fingerprint density at radius 2 is 1.88 bits per heavy atom. The van der Waals surface area contributed by atoms with Crippen molar-refractivity contribution in [2.75, 3.05) is 6.54 Å². The first-order valence-electron chi connectivity index (χ1n) is 5.58. The van der Waals surface area contributed by atoms with Crippen LogP contribution in [0.3, 0.4) is 0 Å². The zero-order valence-electron chi connectivity index (χ0n) is 9.48. The second kappa shape index (κ2) is 6.72. The van der Waals surface area contributed by atoms with Crippen LogP contribution in [-0.2, 0) is 19.2 Å². The van der Waals surface area contributed by atoms with Gasteiger partial charge in [0.05, 0.1) is 0 Å². The molecule has 0 saturated carbocycles. The summed E-state index contributed by atoms with van der Waals surface area (Å²) >= 11 is 0. The Morgan fingerprint density at radius 3 is 2.47 bits per heavy atom. The first-order valence-corrected chi connectivity index (χ1v) is 5.58. The van der Waals surface area contributed by atoms with Gasteiger partial charge in [-0.2, -0.15) is 0 Å². The predicted octanol–water partition coefficient (Wildman–Crippen LogP) is -0.744. The largest absolute Gasteiger partial charge is 0.509 e. The number of amides is 2. The summed E-state index contributed by atoms with van der Waals surface area (Å²) in [6.45, 7) is 0.470. The lowest BCUT2D eigenvalue weighted by Crippen LogP contribution is -2.62. The molecule has 0 radical (unpaired) electrons. The first-order chi connectivity index (χ1) is 8.15. The minimum Gasteiger partial charge on any atom is -0.509 e. The van der Waals surface area contributed by atoms with E-state index in [2.05, 4.69) is 4.84 Å². The number of rotatable bonds is 7. The van der Waals surface area contributed by atoms with Gasteiger partial charge in [0, 0.05) is 25.7 Å². The molecule has 94 valence electrons. The average Bonchev–Trinajstić information content (AvgIpc) is 2.60. The molecular weight excluding hydrogens is 226 g/mol. The molecule has 1 rings (SSSR count). The summed E-state index contributed by atoms with van der Waals surface area (Å²) in [7, 11) is 0. The monoisotopic (exact) mass is 241 g/mol. The molecule has 0 aliphatic carbocycles. The molecule has 0 bridgehead atoms. The van der Waals surface area contributed by atoms with Crippen LogP contribution >= 0.6 is 0 Å². The number of nitrogens with one attached hydrogen (secondary N) is 1. The summed E-state index contributed by atoms with van der Waals surface area (Å²) in [6.07, 6.45) is 2.46. The molecule has 0 aromatic carbocycles. The lowest BCUT2D eigenvalue weighted by molar-refractivity contribution is -0.481. The third-order valence-corrected chi connectivity index (χ3v) is 2.37. The van der Waals surface area contributed by atoms with Crippen LogP contribution in [0.5, 0.6) is 0 Å². The van der Waals surface area contributed by atoms with Gasteiger partial charge in [-0.1, -0.05) is 0 Å². The maximum absolute atomic E-state index is 11.3. The zero-order valence-corrected chi connectivity index (χ0v) is 9.48. The van der Waals surface area contributed by atoms with Crippen molar-refractivity contribution in [2.45, 2.75) is 38.5 Å². The number of hydrogen-bond donors (Lipinski definition) is 1. The van der Waals surface area contributed by atoms with Crippen LogP contribution in [0.15, 0.2) is 0 Å². The number of nitrogens with zero attached hydrogens (tertiary/aromatic N) is 2. The molecule has 17 heavy (non-hydrogen) atoms. The smallest absolute Gasteiger partial charge is 0.333 e. The molecule has 1 aliphatic heterocycles. The van der Waals surface area contributed by atoms with Crippen LogP contribution < -0.4 is 5.11 Å². The maximum Gasteiger partial charge on any atom is 0.333 e. The van der Waals surface area contributed by atoms with Gasteiger partial charge in [0.15, 0.2) is 0 Å². The Labute approximate surface area is 98.6 Å². The van der Waals surface area contributed by atoms with E-state index in [1.807, 2.05) is 5.11 Å². The SMILES string of the molecule is [N-]=[NH+]CCCCCC(=O)ON1C(=O)CCC1=O. The van der Waals surface area contributed by atoms with E-state index < -0.39 is 17.8 Å². The summed E-state index contributed by atoms with van der Waals surface area (Å²) in [5.41, 5.74) is 8.30. The third-order valence-electron chi connectivity index (χ3n) is 2.37. The zero-order chi connectivity index (χ0) is 12.7. The topological polar surface area (TPSA) is 99.9 Å². The molecule has 7 nitrogen and oxygen atoms in total. The van der Waals surface area contributed by atoms with Crippen molar-refractivity contribution in [3.05, 3.63) is 5.53 Å². The molecule has 0 aromatic rings. The molecule has 1 saturated heterocycles.